The fraction of sp³-hybridized carbons (Fsp3) is 0.400. The Labute approximate surface area is 97.7 Å². The van der Waals surface area contributed by atoms with E-state index in [2.05, 4.69) is 31.0 Å². The van der Waals surface area contributed by atoms with E-state index in [0.717, 1.165) is 15.7 Å². The molecular weight excluding hydrogens is 230 g/mol. The largest absolute Gasteiger partial charge is 0.307 e. The first-order valence-corrected chi connectivity index (χ1v) is 5.90. The zero-order valence-electron chi connectivity index (χ0n) is 8.86. The van der Waals surface area contributed by atoms with Crippen molar-refractivity contribution in [3.8, 4) is 10.7 Å². The maximum atomic E-state index is 6.08. The topological polar surface area (TPSA) is 30.7 Å². The van der Waals surface area contributed by atoms with E-state index in [-0.39, 0.29) is 5.54 Å². The molecule has 2 heterocycles. The minimum absolute atomic E-state index is 0.0356. The maximum Gasteiger partial charge on any atom is 0.175 e. The average Bonchev–Trinajstić information content (AvgIpc) is 2.69. The van der Waals surface area contributed by atoms with Crippen LogP contribution in [0.2, 0.25) is 5.02 Å². The normalized spacial score (nSPS) is 12.0. The van der Waals surface area contributed by atoms with E-state index < -0.39 is 0 Å². The van der Waals surface area contributed by atoms with Gasteiger partial charge in [0.05, 0.1) is 9.90 Å². The summed E-state index contributed by atoms with van der Waals surface area (Å²) >= 11 is 7.66. The third-order valence-electron chi connectivity index (χ3n) is 2.09. The van der Waals surface area contributed by atoms with Gasteiger partial charge in [0, 0.05) is 5.54 Å². The predicted molar refractivity (Wildman–Crippen MR) is 63.3 cm³/mol. The van der Waals surface area contributed by atoms with Crippen LogP contribution in [-0.2, 0) is 5.54 Å². The maximum absolute atomic E-state index is 6.08. The van der Waals surface area contributed by atoms with Crippen LogP contribution in [0.3, 0.4) is 0 Å². The van der Waals surface area contributed by atoms with Crippen molar-refractivity contribution < 1.29 is 0 Å². The van der Waals surface area contributed by atoms with Crippen molar-refractivity contribution in [1.29, 1.82) is 0 Å². The van der Waals surface area contributed by atoms with Gasteiger partial charge in [0.2, 0.25) is 0 Å². The van der Waals surface area contributed by atoms with E-state index in [9.17, 15) is 0 Å². The first kappa shape index (κ1) is 10.6. The lowest BCUT2D eigenvalue weighted by molar-refractivity contribution is 0.400. The predicted octanol–water partition coefficient (Wildman–Crippen LogP) is 3.42. The molecule has 2 rings (SSSR count). The Morgan fingerprint density at radius 3 is 2.67 bits per heavy atom. The van der Waals surface area contributed by atoms with Gasteiger partial charge in [-0.3, -0.25) is 0 Å². The SMILES string of the molecule is CC(C)(C)n1cnnc1-c1sccc1Cl. The van der Waals surface area contributed by atoms with Crippen molar-refractivity contribution in [3.63, 3.8) is 0 Å². The van der Waals surface area contributed by atoms with Crippen molar-refractivity contribution in [2.75, 3.05) is 0 Å². The summed E-state index contributed by atoms with van der Waals surface area (Å²) in [6.45, 7) is 6.34. The fourth-order valence-corrected chi connectivity index (χ4v) is 2.46. The van der Waals surface area contributed by atoms with E-state index in [1.54, 1.807) is 17.7 Å². The number of rotatable bonds is 1. The van der Waals surface area contributed by atoms with Gasteiger partial charge in [-0.1, -0.05) is 11.6 Å². The molecule has 2 aromatic rings. The van der Waals surface area contributed by atoms with Crippen LogP contribution in [0.1, 0.15) is 20.8 Å². The number of halogens is 1. The molecule has 0 aromatic carbocycles. The second-order valence-electron chi connectivity index (χ2n) is 4.29. The second-order valence-corrected chi connectivity index (χ2v) is 5.62. The van der Waals surface area contributed by atoms with Crippen LogP contribution in [0, 0.1) is 0 Å². The van der Waals surface area contributed by atoms with Crippen molar-refractivity contribution in [1.82, 2.24) is 14.8 Å². The molecule has 0 fully saturated rings. The van der Waals surface area contributed by atoms with Crippen molar-refractivity contribution in [2.45, 2.75) is 26.3 Å². The molecule has 0 aliphatic rings. The number of thiophene rings is 1. The minimum Gasteiger partial charge on any atom is -0.307 e. The van der Waals surface area contributed by atoms with Gasteiger partial charge in [-0.2, -0.15) is 0 Å². The molecule has 0 aliphatic heterocycles. The van der Waals surface area contributed by atoms with Gasteiger partial charge in [0.1, 0.15) is 6.33 Å². The fourth-order valence-electron chi connectivity index (χ4n) is 1.33. The van der Waals surface area contributed by atoms with Crippen LogP contribution in [-0.4, -0.2) is 14.8 Å². The molecule has 0 radical (unpaired) electrons. The lowest BCUT2D eigenvalue weighted by Crippen LogP contribution is -2.21. The molecule has 0 saturated carbocycles. The van der Waals surface area contributed by atoms with Crippen LogP contribution in [0.15, 0.2) is 17.8 Å². The van der Waals surface area contributed by atoms with Crippen LogP contribution < -0.4 is 0 Å². The van der Waals surface area contributed by atoms with Gasteiger partial charge in [-0.25, -0.2) is 0 Å². The summed E-state index contributed by atoms with van der Waals surface area (Å²) in [6.07, 6.45) is 1.74. The van der Waals surface area contributed by atoms with Crippen LogP contribution in [0.25, 0.3) is 10.7 Å². The molecule has 0 aliphatic carbocycles. The molecule has 0 bridgehead atoms. The molecule has 0 unspecified atom stereocenters. The number of hydrogen-bond donors (Lipinski definition) is 0. The highest BCUT2D eigenvalue weighted by Gasteiger charge is 2.20. The van der Waals surface area contributed by atoms with Crippen LogP contribution in [0.4, 0.5) is 0 Å². The standard InChI is InChI=1S/C10H12ClN3S/c1-10(2,3)14-6-12-13-9(14)8-7(11)4-5-15-8/h4-6H,1-3H3. The van der Waals surface area contributed by atoms with E-state index in [0.29, 0.717) is 0 Å². The molecule has 15 heavy (non-hydrogen) atoms. The number of hydrogen-bond acceptors (Lipinski definition) is 3. The third kappa shape index (κ3) is 1.92. The van der Waals surface area contributed by atoms with Gasteiger partial charge >= 0.3 is 0 Å². The first-order valence-electron chi connectivity index (χ1n) is 4.64. The van der Waals surface area contributed by atoms with Gasteiger partial charge in [0.25, 0.3) is 0 Å². The highest BCUT2D eigenvalue weighted by Crippen LogP contribution is 2.33. The van der Waals surface area contributed by atoms with Gasteiger partial charge < -0.3 is 4.57 Å². The summed E-state index contributed by atoms with van der Waals surface area (Å²) in [5.74, 6) is 0.836. The summed E-state index contributed by atoms with van der Waals surface area (Å²) in [7, 11) is 0. The highest BCUT2D eigenvalue weighted by atomic mass is 35.5. The molecule has 5 heteroatoms. The highest BCUT2D eigenvalue weighted by molar-refractivity contribution is 7.14. The van der Waals surface area contributed by atoms with E-state index in [1.807, 2.05) is 16.0 Å². The molecule has 0 N–H and O–H groups in total. The molecule has 0 amide bonds. The Kier molecular flexibility index (Phi) is 2.56. The molecule has 0 atom stereocenters. The first-order chi connectivity index (χ1) is 7.00. The van der Waals surface area contributed by atoms with Crippen molar-refractivity contribution in [3.05, 3.63) is 22.8 Å². The summed E-state index contributed by atoms with van der Waals surface area (Å²) in [6, 6.07) is 1.88. The Bertz CT molecular complexity index is 467. The zero-order chi connectivity index (χ0) is 11.1. The molecule has 2 aromatic heterocycles. The molecule has 3 nitrogen and oxygen atoms in total. The van der Waals surface area contributed by atoms with Crippen LogP contribution in [0.5, 0.6) is 0 Å². The summed E-state index contributed by atoms with van der Waals surface area (Å²) in [5.41, 5.74) is -0.0356. The summed E-state index contributed by atoms with van der Waals surface area (Å²) in [5, 5.41) is 10.8. The van der Waals surface area contributed by atoms with E-state index >= 15 is 0 Å². The zero-order valence-corrected chi connectivity index (χ0v) is 10.4. The molecule has 0 spiro atoms. The second kappa shape index (κ2) is 3.61. The molecule has 80 valence electrons. The number of aromatic nitrogens is 3. The van der Waals surface area contributed by atoms with Crippen molar-refractivity contribution >= 4 is 22.9 Å². The molecular formula is C10H12ClN3S. The summed E-state index contributed by atoms with van der Waals surface area (Å²) in [4.78, 5) is 0.976. The Balaban J connectivity index is 2.56. The third-order valence-corrected chi connectivity index (χ3v) is 3.43. The van der Waals surface area contributed by atoms with E-state index in [4.69, 9.17) is 11.6 Å². The number of nitrogens with zero attached hydrogens (tertiary/aromatic N) is 3. The minimum atomic E-state index is -0.0356. The smallest absolute Gasteiger partial charge is 0.175 e. The summed E-state index contributed by atoms with van der Waals surface area (Å²) < 4.78 is 2.03. The van der Waals surface area contributed by atoms with Gasteiger partial charge in [0.15, 0.2) is 5.82 Å². The quantitative estimate of drug-likeness (QED) is 0.766. The van der Waals surface area contributed by atoms with Crippen LogP contribution >= 0.6 is 22.9 Å². The Hall–Kier alpha value is -0.870. The van der Waals surface area contributed by atoms with Crippen molar-refractivity contribution in [2.24, 2.45) is 0 Å². The molecule has 0 saturated heterocycles. The monoisotopic (exact) mass is 241 g/mol. The lowest BCUT2D eigenvalue weighted by Gasteiger charge is -2.21. The Morgan fingerprint density at radius 1 is 1.40 bits per heavy atom. The van der Waals surface area contributed by atoms with E-state index in [1.165, 1.54) is 0 Å². The Morgan fingerprint density at radius 2 is 2.13 bits per heavy atom. The van der Waals surface area contributed by atoms with Gasteiger partial charge in [-0.15, -0.1) is 21.5 Å². The lowest BCUT2D eigenvalue weighted by atomic mass is 10.1. The average molecular weight is 242 g/mol. The van der Waals surface area contributed by atoms with Gasteiger partial charge in [-0.05, 0) is 32.2 Å².